The number of nitrogens with zero attached hydrogens (tertiary/aromatic N) is 3. The number of benzene rings is 1. The van der Waals surface area contributed by atoms with E-state index in [0.29, 0.717) is 23.8 Å². The molecule has 0 aliphatic carbocycles. The molecular weight excluding hydrogens is 332 g/mol. The summed E-state index contributed by atoms with van der Waals surface area (Å²) in [5.74, 6) is 1.04. The molecule has 7 heteroatoms. The van der Waals surface area contributed by atoms with Crippen LogP contribution in [-0.4, -0.2) is 34.2 Å². The molecule has 0 aliphatic heterocycles. The van der Waals surface area contributed by atoms with Crippen molar-refractivity contribution in [3.05, 3.63) is 53.9 Å². The lowest BCUT2D eigenvalue weighted by Gasteiger charge is -2.17. The molecule has 0 aliphatic rings. The number of aromatic nitrogens is 3. The summed E-state index contributed by atoms with van der Waals surface area (Å²) in [6.07, 6.45) is 2.37. The molecule has 1 N–H and O–H groups in total. The zero-order chi connectivity index (χ0) is 18.5. The summed E-state index contributed by atoms with van der Waals surface area (Å²) in [7, 11) is 1.63. The quantitative estimate of drug-likeness (QED) is 0.706. The minimum Gasteiger partial charge on any atom is -0.497 e. The minimum absolute atomic E-state index is 0.106. The van der Waals surface area contributed by atoms with E-state index in [2.05, 4.69) is 15.4 Å². The van der Waals surface area contributed by atoms with E-state index in [9.17, 15) is 4.79 Å². The van der Waals surface area contributed by atoms with Crippen LogP contribution in [0.4, 0.5) is 0 Å². The summed E-state index contributed by atoms with van der Waals surface area (Å²) in [4.78, 5) is 17.0. The Morgan fingerprint density at radius 3 is 2.62 bits per heavy atom. The zero-order valence-corrected chi connectivity index (χ0v) is 15.1. The fraction of sp³-hybridized carbons (Fsp3) is 0.316. The summed E-state index contributed by atoms with van der Waals surface area (Å²) in [5, 5.41) is 7.31. The fourth-order valence-corrected chi connectivity index (χ4v) is 2.69. The maximum Gasteiger partial charge on any atom is 0.272 e. The van der Waals surface area contributed by atoms with E-state index in [0.717, 1.165) is 17.7 Å². The predicted octanol–water partition coefficient (Wildman–Crippen LogP) is 3.02. The lowest BCUT2D eigenvalue weighted by atomic mass is 10.0. The molecule has 0 unspecified atom stereocenters. The SMILES string of the molecule is CCOc1ccc2nc(C(=O)N[C@H](CC)c3ccc(OC)cc3)cn2n1. The maximum atomic E-state index is 12.6. The molecule has 0 spiro atoms. The normalized spacial score (nSPS) is 12.0. The van der Waals surface area contributed by atoms with Gasteiger partial charge in [-0.05, 0) is 37.1 Å². The van der Waals surface area contributed by atoms with Gasteiger partial charge in [-0.15, -0.1) is 5.10 Å². The Morgan fingerprint density at radius 2 is 1.96 bits per heavy atom. The summed E-state index contributed by atoms with van der Waals surface area (Å²) < 4.78 is 12.1. The smallest absolute Gasteiger partial charge is 0.272 e. The van der Waals surface area contributed by atoms with Gasteiger partial charge in [0.1, 0.15) is 11.4 Å². The summed E-state index contributed by atoms with van der Waals surface area (Å²) in [5.41, 5.74) is 1.93. The van der Waals surface area contributed by atoms with Gasteiger partial charge in [-0.2, -0.15) is 0 Å². The Hall–Kier alpha value is -3.09. The number of hydrogen-bond donors (Lipinski definition) is 1. The Bertz CT molecular complexity index is 889. The van der Waals surface area contributed by atoms with Crippen LogP contribution in [0.3, 0.4) is 0 Å². The third kappa shape index (κ3) is 3.77. The van der Waals surface area contributed by atoms with Crippen molar-refractivity contribution in [2.24, 2.45) is 0 Å². The summed E-state index contributed by atoms with van der Waals surface area (Å²) in [6, 6.07) is 11.1. The van der Waals surface area contributed by atoms with Crippen LogP contribution in [0.5, 0.6) is 11.6 Å². The van der Waals surface area contributed by atoms with Gasteiger partial charge < -0.3 is 14.8 Å². The van der Waals surface area contributed by atoms with Crippen LogP contribution >= 0.6 is 0 Å². The van der Waals surface area contributed by atoms with Crippen molar-refractivity contribution in [3.63, 3.8) is 0 Å². The number of fused-ring (bicyclic) bond motifs is 1. The fourth-order valence-electron chi connectivity index (χ4n) is 2.69. The summed E-state index contributed by atoms with van der Waals surface area (Å²) in [6.45, 7) is 4.44. The second-order valence-electron chi connectivity index (χ2n) is 5.74. The number of rotatable bonds is 7. The standard InChI is InChI=1S/C19H22N4O3/c1-4-15(13-6-8-14(25-3)9-7-13)21-19(24)16-12-23-17(20-16)10-11-18(22-23)26-5-2/h6-12,15H,4-5H2,1-3H3,(H,21,24)/t15-/m1/s1. The lowest BCUT2D eigenvalue weighted by molar-refractivity contribution is 0.0931. The van der Waals surface area contributed by atoms with Crippen LogP contribution < -0.4 is 14.8 Å². The van der Waals surface area contributed by atoms with Gasteiger partial charge in [0.2, 0.25) is 5.88 Å². The van der Waals surface area contributed by atoms with Gasteiger partial charge in [-0.25, -0.2) is 9.50 Å². The topological polar surface area (TPSA) is 77.8 Å². The molecule has 3 rings (SSSR count). The minimum atomic E-state index is -0.240. The molecule has 0 saturated carbocycles. The summed E-state index contributed by atoms with van der Waals surface area (Å²) >= 11 is 0. The monoisotopic (exact) mass is 354 g/mol. The second-order valence-corrected chi connectivity index (χ2v) is 5.74. The van der Waals surface area contributed by atoms with Crippen LogP contribution in [0.15, 0.2) is 42.6 Å². The molecule has 0 saturated heterocycles. The highest BCUT2D eigenvalue weighted by atomic mass is 16.5. The largest absolute Gasteiger partial charge is 0.497 e. The van der Waals surface area contributed by atoms with Crippen molar-refractivity contribution in [3.8, 4) is 11.6 Å². The molecule has 26 heavy (non-hydrogen) atoms. The maximum absolute atomic E-state index is 12.6. The number of carbonyl (C=O) groups is 1. The van der Waals surface area contributed by atoms with E-state index in [1.165, 1.54) is 0 Å². The van der Waals surface area contributed by atoms with Gasteiger partial charge >= 0.3 is 0 Å². The first-order valence-corrected chi connectivity index (χ1v) is 8.58. The average Bonchev–Trinajstić information content (AvgIpc) is 3.10. The van der Waals surface area contributed by atoms with E-state index in [-0.39, 0.29) is 11.9 Å². The number of imidazole rings is 1. The van der Waals surface area contributed by atoms with Gasteiger partial charge in [-0.3, -0.25) is 4.79 Å². The number of ether oxygens (including phenoxy) is 2. The Kier molecular flexibility index (Phi) is 5.36. The number of nitrogens with one attached hydrogen (secondary N) is 1. The van der Waals surface area contributed by atoms with Crippen molar-refractivity contribution in [2.45, 2.75) is 26.3 Å². The molecule has 3 aromatic rings. The van der Waals surface area contributed by atoms with Gasteiger partial charge in [-0.1, -0.05) is 19.1 Å². The van der Waals surface area contributed by atoms with Crippen molar-refractivity contribution in [2.75, 3.05) is 13.7 Å². The first-order chi connectivity index (χ1) is 12.6. The predicted molar refractivity (Wildman–Crippen MR) is 97.6 cm³/mol. The van der Waals surface area contributed by atoms with Crippen LogP contribution in [0.25, 0.3) is 5.65 Å². The second kappa shape index (κ2) is 7.86. The number of methoxy groups -OCH3 is 1. The van der Waals surface area contributed by atoms with Crippen LogP contribution in [0.1, 0.15) is 42.4 Å². The third-order valence-corrected chi connectivity index (χ3v) is 4.05. The highest BCUT2D eigenvalue weighted by Gasteiger charge is 2.17. The van der Waals surface area contributed by atoms with E-state index >= 15 is 0 Å². The Morgan fingerprint density at radius 1 is 1.19 bits per heavy atom. The van der Waals surface area contributed by atoms with Crippen molar-refractivity contribution < 1.29 is 14.3 Å². The van der Waals surface area contributed by atoms with Crippen LogP contribution in [0, 0.1) is 0 Å². The van der Waals surface area contributed by atoms with E-state index in [4.69, 9.17) is 9.47 Å². The van der Waals surface area contributed by atoms with Gasteiger partial charge in [0, 0.05) is 6.07 Å². The number of amides is 1. The molecule has 0 fully saturated rings. The molecule has 2 aromatic heterocycles. The Labute approximate surface area is 152 Å². The molecule has 2 heterocycles. The lowest BCUT2D eigenvalue weighted by Crippen LogP contribution is -2.28. The Balaban J connectivity index is 1.77. The van der Waals surface area contributed by atoms with Crippen LogP contribution in [0.2, 0.25) is 0 Å². The number of carbonyl (C=O) groups excluding carboxylic acids is 1. The van der Waals surface area contributed by atoms with E-state index < -0.39 is 0 Å². The van der Waals surface area contributed by atoms with Crippen molar-refractivity contribution in [1.29, 1.82) is 0 Å². The average molecular weight is 354 g/mol. The van der Waals surface area contributed by atoms with Crippen molar-refractivity contribution >= 4 is 11.6 Å². The highest BCUT2D eigenvalue weighted by Crippen LogP contribution is 2.20. The molecular formula is C19H22N4O3. The molecule has 1 amide bonds. The molecule has 1 atom stereocenters. The van der Waals surface area contributed by atoms with Gasteiger partial charge in [0.15, 0.2) is 5.65 Å². The molecule has 1 aromatic carbocycles. The van der Waals surface area contributed by atoms with E-state index in [1.54, 1.807) is 30.0 Å². The first kappa shape index (κ1) is 17.7. The van der Waals surface area contributed by atoms with E-state index in [1.807, 2.05) is 38.1 Å². The molecule has 0 bridgehead atoms. The molecule has 0 radical (unpaired) electrons. The van der Waals surface area contributed by atoms with Crippen molar-refractivity contribution in [1.82, 2.24) is 19.9 Å². The molecule has 136 valence electrons. The number of hydrogen-bond acceptors (Lipinski definition) is 5. The van der Waals surface area contributed by atoms with Gasteiger partial charge in [0.25, 0.3) is 5.91 Å². The zero-order valence-electron chi connectivity index (χ0n) is 15.1. The third-order valence-electron chi connectivity index (χ3n) is 4.05. The van der Waals surface area contributed by atoms with Crippen LogP contribution in [-0.2, 0) is 0 Å². The highest BCUT2D eigenvalue weighted by molar-refractivity contribution is 5.93. The van der Waals surface area contributed by atoms with Gasteiger partial charge in [0.05, 0.1) is 26.0 Å². The molecule has 7 nitrogen and oxygen atoms in total. The first-order valence-electron chi connectivity index (χ1n) is 8.58.